The van der Waals surface area contributed by atoms with Gasteiger partial charge in [0.25, 0.3) is 10.0 Å². The van der Waals surface area contributed by atoms with Crippen LogP contribution in [0.15, 0.2) is 41.4 Å². The van der Waals surface area contributed by atoms with Gasteiger partial charge in [-0.15, -0.1) is 0 Å². The van der Waals surface area contributed by atoms with Crippen molar-refractivity contribution < 1.29 is 8.42 Å². The molecule has 0 radical (unpaired) electrons. The van der Waals surface area contributed by atoms with E-state index in [0.717, 1.165) is 11.1 Å². The van der Waals surface area contributed by atoms with Crippen LogP contribution in [0.25, 0.3) is 0 Å². The molecule has 2 rings (SSSR count). The predicted octanol–water partition coefficient (Wildman–Crippen LogP) is 2.37. The van der Waals surface area contributed by atoms with Crippen LogP contribution in [0.1, 0.15) is 16.8 Å². The van der Waals surface area contributed by atoms with Gasteiger partial charge < -0.3 is 0 Å². The number of rotatable bonds is 3. The summed E-state index contributed by atoms with van der Waals surface area (Å²) >= 11 is 0. The summed E-state index contributed by atoms with van der Waals surface area (Å²) in [5, 5.41) is 8.66. The largest absolute Gasteiger partial charge is 0.279 e. The highest BCUT2D eigenvalue weighted by Crippen LogP contribution is 2.23. The third kappa shape index (κ3) is 2.78. The second kappa shape index (κ2) is 5.31. The maximum Gasteiger partial charge on any atom is 0.263 e. The van der Waals surface area contributed by atoms with E-state index in [-0.39, 0.29) is 10.6 Å². The standard InChI is InChI=1S/C14H13N3O2S/c1-10-4-3-5-11(2)14(10)17-20(18,19)13-7-6-12(8-15)16-9-13/h3-7,9,17H,1-2H3. The Kier molecular flexibility index (Phi) is 3.72. The lowest BCUT2D eigenvalue weighted by Gasteiger charge is -2.12. The molecule has 6 heteroatoms. The average Bonchev–Trinajstić information content (AvgIpc) is 2.43. The van der Waals surface area contributed by atoms with Crippen molar-refractivity contribution in [2.75, 3.05) is 4.72 Å². The van der Waals surface area contributed by atoms with Crippen molar-refractivity contribution in [1.82, 2.24) is 4.98 Å². The van der Waals surface area contributed by atoms with Gasteiger partial charge in [0.1, 0.15) is 16.7 Å². The molecule has 0 atom stereocenters. The molecule has 1 N–H and O–H groups in total. The second-order valence-electron chi connectivity index (χ2n) is 4.36. The fourth-order valence-electron chi connectivity index (χ4n) is 1.77. The SMILES string of the molecule is Cc1cccc(C)c1NS(=O)(=O)c1ccc(C#N)nc1. The summed E-state index contributed by atoms with van der Waals surface area (Å²) < 4.78 is 27.1. The fourth-order valence-corrected chi connectivity index (χ4v) is 2.92. The van der Waals surface area contributed by atoms with Gasteiger partial charge in [-0.3, -0.25) is 4.72 Å². The topological polar surface area (TPSA) is 82.9 Å². The van der Waals surface area contributed by atoms with Gasteiger partial charge in [-0.2, -0.15) is 5.26 Å². The highest BCUT2D eigenvalue weighted by molar-refractivity contribution is 7.92. The van der Waals surface area contributed by atoms with E-state index in [0.29, 0.717) is 5.69 Å². The second-order valence-corrected chi connectivity index (χ2v) is 6.05. The van der Waals surface area contributed by atoms with Gasteiger partial charge >= 0.3 is 0 Å². The van der Waals surface area contributed by atoms with Gasteiger partial charge in [0, 0.05) is 6.20 Å². The summed E-state index contributed by atoms with van der Waals surface area (Å²) in [6.45, 7) is 3.67. The Labute approximate surface area is 118 Å². The quantitative estimate of drug-likeness (QED) is 0.939. The molecule has 102 valence electrons. The zero-order valence-corrected chi connectivity index (χ0v) is 11.9. The minimum Gasteiger partial charge on any atom is -0.279 e. The summed E-state index contributed by atoms with van der Waals surface area (Å²) in [5.74, 6) is 0. The number of benzene rings is 1. The van der Waals surface area contributed by atoms with Crippen molar-refractivity contribution in [3.8, 4) is 6.07 Å². The van der Waals surface area contributed by atoms with Gasteiger partial charge in [-0.05, 0) is 37.1 Å². The molecule has 0 aliphatic heterocycles. The molecule has 1 aromatic heterocycles. The number of pyridine rings is 1. The van der Waals surface area contributed by atoms with Crippen LogP contribution in [0, 0.1) is 25.2 Å². The van der Waals surface area contributed by atoms with Gasteiger partial charge in [0.2, 0.25) is 0 Å². The zero-order chi connectivity index (χ0) is 14.8. The van der Waals surface area contributed by atoms with E-state index in [2.05, 4.69) is 9.71 Å². The first-order chi connectivity index (χ1) is 9.44. The lowest BCUT2D eigenvalue weighted by Crippen LogP contribution is -2.15. The first kappa shape index (κ1) is 14.0. The van der Waals surface area contributed by atoms with E-state index in [1.165, 1.54) is 18.3 Å². The Balaban J connectivity index is 2.38. The van der Waals surface area contributed by atoms with Crippen LogP contribution in [0.4, 0.5) is 5.69 Å². The number of nitrogens with one attached hydrogen (secondary N) is 1. The first-order valence-electron chi connectivity index (χ1n) is 5.89. The summed E-state index contributed by atoms with van der Waals surface area (Å²) in [5.41, 5.74) is 2.43. The highest BCUT2D eigenvalue weighted by atomic mass is 32.2. The van der Waals surface area contributed by atoms with Gasteiger partial charge in [0.05, 0.1) is 5.69 Å². The van der Waals surface area contributed by atoms with E-state index in [9.17, 15) is 8.42 Å². The van der Waals surface area contributed by atoms with E-state index in [4.69, 9.17) is 5.26 Å². The molecule has 0 amide bonds. The van der Waals surface area contributed by atoms with Gasteiger partial charge in [0.15, 0.2) is 0 Å². The van der Waals surface area contributed by atoms with Crippen molar-refractivity contribution in [2.24, 2.45) is 0 Å². The predicted molar refractivity (Wildman–Crippen MR) is 75.7 cm³/mol. The molecule has 0 aliphatic rings. The smallest absolute Gasteiger partial charge is 0.263 e. The molecule has 0 spiro atoms. The monoisotopic (exact) mass is 287 g/mol. The fraction of sp³-hybridized carbons (Fsp3) is 0.143. The Hall–Kier alpha value is -2.39. The van der Waals surface area contributed by atoms with Crippen molar-refractivity contribution in [1.29, 1.82) is 5.26 Å². The molecule has 0 unspecified atom stereocenters. The van der Waals surface area contributed by atoms with E-state index >= 15 is 0 Å². The number of nitrogens with zero attached hydrogens (tertiary/aromatic N) is 2. The summed E-state index contributed by atoms with van der Waals surface area (Å²) in [4.78, 5) is 3.80. The zero-order valence-electron chi connectivity index (χ0n) is 11.1. The number of sulfonamides is 1. The third-order valence-electron chi connectivity index (χ3n) is 2.88. The van der Waals surface area contributed by atoms with Crippen molar-refractivity contribution in [2.45, 2.75) is 18.7 Å². The summed E-state index contributed by atoms with van der Waals surface area (Å²) in [6.07, 6.45) is 1.18. The molecule has 2 aromatic rings. The Morgan fingerprint density at radius 3 is 2.30 bits per heavy atom. The number of aromatic nitrogens is 1. The number of nitriles is 1. The normalized spacial score (nSPS) is 10.8. The first-order valence-corrected chi connectivity index (χ1v) is 7.37. The highest BCUT2D eigenvalue weighted by Gasteiger charge is 2.16. The molecule has 1 aromatic carbocycles. The van der Waals surface area contributed by atoms with E-state index in [1.807, 2.05) is 38.1 Å². The van der Waals surface area contributed by atoms with Crippen molar-refractivity contribution >= 4 is 15.7 Å². The van der Waals surface area contributed by atoms with Crippen LogP contribution < -0.4 is 4.72 Å². The summed E-state index contributed by atoms with van der Waals surface area (Å²) in [7, 11) is -3.71. The minimum absolute atomic E-state index is 0.0270. The third-order valence-corrected chi connectivity index (χ3v) is 4.21. The number of anilines is 1. The Morgan fingerprint density at radius 1 is 1.15 bits per heavy atom. The molecule has 0 saturated heterocycles. The molecule has 1 heterocycles. The minimum atomic E-state index is -3.71. The maximum absolute atomic E-state index is 12.3. The molecule has 20 heavy (non-hydrogen) atoms. The molecule has 0 saturated carbocycles. The Bertz CT molecular complexity index is 755. The van der Waals surface area contributed by atoms with Gasteiger partial charge in [-0.1, -0.05) is 18.2 Å². The van der Waals surface area contributed by atoms with Crippen LogP contribution in [-0.4, -0.2) is 13.4 Å². The molecule has 0 fully saturated rings. The number of hydrogen-bond acceptors (Lipinski definition) is 4. The van der Waals surface area contributed by atoms with Crippen LogP contribution in [-0.2, 0) is 10.0 Å². The van der Waals surface area contributed by atoms with Crippen molar-refractivity contribution in [3.05, 3.63) is 53.3 Å². The van der Waals surface area contributed by atoms with Crippen LogP contribution in [0.5, 0.6) is 0 Å². The summed E-state index contributed by atoms with van der Waals surface area (Å²) in [6, 6.07) is 10.1. The van der Waals surface area contributed by atoms with E-state index in [1.54, 1.807) is 0 Å². The lowest BCUT2D eigenvalue weighted by molar-refractivity contribution is 0.600. The Morgan fingerprint density at radius 2 is 1.80 bits per heavy atom. The van der Waals surface area contributed by atoms with Crippen LogP contribution in [0.2, 0.25) is 0 Å². The molecule has 0 bridgehead atoms. The van der Waals surface area contributed by atoms with Crippen molar-refractivity contribution in [3.63, 3.8) is 0 Å². The molecular weight excluding hydrogens is 274 g/mol. The lowest BCUT2D eigenvalue weighted by atomic mass is 10.1. The van der Waals surface area contributed by atoms with Crippen LogP contribution >= 0.6 is 0 Å². The maximum atomic E-state index is 12.3. The number of hydrogen-bond donors (Lipinski definition) is 1. The van der Waals surface area contributed by atoms with Gasteiger partial charge in [-0.25, -0.2) is 13.4 Å². The number of aryl methyl sites for hydroxylation is 2. The van der Waals surface area contributed by atoms with E-state index < -0.39 is 10.0 Å². The molecular formula is C14H13N3O2S. The molecule has 0 aliphatic carbocycles. The molecule has 5 nitrogen and oxygen atoms in total. The number of para-hydroxylation sites is 1. The van der Waals surface area contributed by atoms with Crippen LogP contribution in [0.3, 0.4) is 0 Å². The average molecular weight is 287 g/mol.